The molecule has 0 N–H and O–H groups in total. The average molecular weight is 217 g/mol. The SMILES string of the molecule is Cc1cc(C(=O)c2ccncc2C)cs1. The van der Waals surface area contributed by atoms with Crippen molar-refractivity contribution in [3.8, 4) is 0 Å². The van der Waals surface area contributed by atoms with E-state index in [1.165, 1.54) is 0 Å². The minimum Gasteiger partial charge on any atom is -0.289 e. The standard InChI is InChI=1S/C12H11NOS/c1-8-6-13-4-3-11(8)12(14)10-5-9(2)15-7-10/h3-7H,1-2H3. The van der Waals surface area contributed by atoms with Crippen molar-refractivity contribution in [3.63, 3.8) is 0 Å². The second kappa shape index (κ2) is 3.95. The molecule has 2 heterocycles. The van der Waals surface area contributed by atoms with Gasteiger partial charge in [-0.2, -0.15) is 0 Å². The number of ketones is 1. The highest BCUT2D eigenvalue weighted by molar-refractivity contribution is 7.10. The lowest BCUT2D eigenvalue weighted by Crippen LogP contribution is -2.02. The molecule has 2 rings (SSSR count). The van der Waals surface area contributed by atoms with Crippen LogP contribution in [0.1, 0.15) is 26.4 Å². The van der Waals surface area contributed by atoms with Crippen LogP contribution in [0.5, 0.6) is 0 Å². The fourth-order valence-corrected chi connectivity index (χ4v) is 2.13. The van der Waals surface area contributed by atoms with Crippen LogP contribution in [0.2, 0.25) is 0 Å². The molecule has 0 aliphatic carbocycles. The molecule has 0 spiro atoms. The number of thiophene rings is 1. The Morgan fingerprint density at radius 3 is 2.80 bits per heavy atom. The van der Waals surface area contributed by atoms with E-state index in [9.17, 15) is 4.79 Å². The van der Waals surface area contributed by atoms with Gasteiger partial charge in [-0.1, -0.05) is 0 Å². The zero-order valence-electron chi connectivity index (χ0n) is 8.65. The number of nitrogens with zero attached hydrogens (tertiary/aromatic N) is 1. The summed E-state index contributed by atoms with van der Waals surface area (Å²) in [6.45, 7) is 3.90. The molecule has 76 valence electrons. The minimum absolute atomic E-state index is 0.0826. The first-order valence-corrected chi connectivity index (χ1v) is 5.57. The number of carbonyl (C=O) groups is 1. The van der Waals surface area contributed by atoms with Gasteiger partial charge in [0.05, 0.1) is 0 Å². The molecule has 2 aromatic heterocycles. The first-order valence-electron chi connectivity index (χ1n) is 4.69. The highest BCUT2D eigenvalue weighted by Gasteiger charge is 2.12. The number of carbonyl (C=O) groups excluding carboxylic acids is 1. The van der Waals surface area contributed by atoms with Crippen molar-refractivity contribution in [2.75, 3.05) is 0 Å². The van der Waals surface area contributed by atoms with E-state index >= 15 is 0 Å². The second-order valence-corrected chi connectivity index (χ2v) is 4.58. The Hall–Kier alpha value is -1.48. The molecule has 0 aliphatic heterocycles. The third-order valence-corrected chi connectivity index (χ3v) is 3.12. The van der Waals surface area contributed by atoms with Crippen molar-refractivity contribution in [1.82, 2.24) is 4.98 Å². The maximum atomic E-state index is 12.1. The first kappa shape index (κ1) is 10.1. The van der Waals surface area contributed by atoms with Gasteiger partial charge in [0.15, 0.2) is 5.78 Å². The summed E-state index contributed by atoms with van der Waals surface area (Å²) in [6, 6.07) is 3.69. The van der Waals surface area contributed by atoms with Gasteiger partial charge in [0.2, 0.25) is 0 Å². The summed E-state index contributed by atoms with van der Waals surface area (Å²) >= 11 is 1.60. The highest BCUT2D eigenvalue weighted by atomic mass is 32.1. The Balaban J connectivity index is 2.41. The van der Waals surface area contributed by atoms with E-state index in [0.717, 1.165) is 21.6 Å². The summed E-state index contributed by atoms with van der Waals surface area (Å²) in [5, 5.41) is 1.90. The lowest BCUT2D eigenvalue weighted by atomic mass is 10.0. The van der Waals surface area contributed by atoms with E-state index in [0.29, 0.717) is 0 Å². The predicted molar refractivity (Wildman–Crippen MR) is 61.5 cm³/mol. The number of hydrogen-bond donors (Lipinski definition) is 0. The van der Waals surface area contributed by atoms with E-state index in [4.69, 9.17) is 0 Å². The molecule has 0 atom stereocenters. The molecule has 0 saturated heterocycles. The van der Waals surface area contributed by atoms with Crippen molar-refractivity contribution in [3.05, 3.63) is 51.5 Å². The van der Waals surface area contributed by atoms with Gasteiger partial charge in [0.25, 0.3) is 0 Å². The van der Waals surface area contributed by atoms with Crippen molar-refractivity contribution in [2.24, 2.45) is 0 Å². The molecular weight excluding hydrogens is 206 g/mol. The third-order valence-electron chi connectivity index (χ3n) is 2.26. The van der Waals surface area contributed by atoms with Gasteiger partial charge in [-0.05, 0) is 31.5 Å². The number of rotatable bonds is 2. The molecule has 15 heavy (non-hydrogen) atoms. The molecule has 0 aromatic carbocycles. The Labute approximate surface area is 92.6 Å². The second-order valence-electron chi connectivity index (χ2n) is 3.47. The van der Waals surface area contributed by atoms with E-state index in [1.54, 1.807) is 29.8 Å². The van der Waals surface area contributed by atoms with Crippen LogP contribution in [0.25, 0.3) is 0 Å². The van der Waals surface area contributed by atoms with Gasteiger partial charge in [0, 0.05) is 33.8 Å². The molecule has 0 unspecified atom stereocenters. The normalized spacial score (nSPS) is 10.3. The Morgan fingerprint density at radius 2 is 2.20 bits per heavy atom. The lowest BCUT2D eigenvalue weighted by molar-refractivity contribution is 0.103. The predicted octanol–water partition coefficient (Wildman–Crippen LogP) is 2.99. The number of pyridine rings is 1. The fraction of sp³-hybridized carbons (Fsp3) is 0.167. The highest BCUT2D eigenvalue weighted by Crippen LogP contribution is 2.18. The maximum absolute atomic E-state index is 12.1. The molecule has 2 aromatic rings. The molecule has 0 bridgehead atoms. The van der Waals surface area contributed by atoms with Crippen LogP contribution in [-0.4, -0.2) is 10.8 Å². The van der Waals surface area contributed by atoms with Crippen LogP contribution in [-0.2, 0) is 0 Å². The molecule has 0 radical (unpaired) electrons. The summed E-state index contributed by atoms with van der Waals surface area (Å²) in [6.07, 6.45) is 3.37. The number of aromatic nitrogens is 1. The van der Waals surface area contributed by atoms with Gasteiger partial charge in [-0.3, -0.25) is 9.78 Å². The van der Waals surface area contributed by atoms with E-state index in [2.05, 4.69) is 4.98 Å². The monoisotopic (exact) mass is 217 g/mol. The summed E-state index contributed by atoms with van der Waals surface area (Å²) < 4.78 is 0. The Kier molecular flexibility index (Phi) is 2.64. The van der Waals surface area contributed by atoms with Crippen LogP contribution in [0.15, 0.2) is 29.9 Å². The molecule has 0 amide bonds. The van der Waals surface area contributed by atoms with Gasteiger partial charge >= 0.3 is 0 Å². The quantitative estimate of drug-likeness (QED) is 0.724. The van der Waals surface area contributed by atoms with Crippen LogP contribution in [0.4, 0.5) is 0 Å². The number of aryl methyl sites for hydroxylation is 2. The summed E-state index contributed by atoms with van der Waals surface area (Å²) in [7, 11) is 0. The summed E-state index contributed by atoms with van der Waals surface area (Å²) in [5.74, 6) is 0.0826. The first-order chi connectivity index (χ1) is 7.18. The minimum atomic E-state index is 0.0826. The maximum Gasteiger partial charge on any atom is 0.194 e. The van der Waals surface area contributed by atoms with E-state index < -0.39 is 0 Å². The summed E-state index contributed by atoms with van der Waals surface area (Å²) in [4.78, 5) is 17.2. The van der Waals surface area contributed by atoms with Crippen molar-refractivity contribution in [2.45, 2.75) is 13.8 Å². The summed E-state index contributed by atoms with van der Waals surface area (Å²) in [5.41, 5.74) is 2.43. The van der Waals surface area contributed by atoms with Crippen molar-refractivity contribution < 1.29 is 4.79 Å². The zero-order valence-corrected chi connectivity index (χ0v) is 9.47. The van der Waals surface area contributed by atoms with Crippen LogP contribution in [0.3, 0.4) is 0 Å². The van der Waals surface area contributed by atoms with Crippen LogP contribution < -0.4 is 0 Å². The van der Waals surface area contributed by atoms with Crippen LogP contribution >= 0.6 is 11.3 Å². The molecular formula is C12H11NOS. The van der Waals surface area contributed by atoms with Gasteiger partial charge in [0.1, 0.15) is 0 Å². The van der Waals surface area contributed by atoms with Crippen LogP contribution in [0, 0.1) is 13.8 Å². The molecule has 0 aliphatic rings. The molecule has 0 saturated carbocycles. The number of hydrogen-bond acceptors (Lipinski definition) is 3. The van der Waals surface area contributed by atoms with E-state index in [1.807, 2.05) is 25.3 Å². The van der Waals surface area contributed by atoms with Gasteiger partial charge < -0.3 is 0 Å². The molecule has 2 nitrogen and oxygen atoms in total. The smallest absolute Gasteiger partial charge is 0.194 e. The lowest BCUT2D eigenvalue weighted by Gasteiger charge is -2.01. The fourth-order valence-electron chi connectivity index (χ4n) is 1.45. The van der Waals surface area contributed by atoms with Gasteiger partial charge in [-0.25, -0.2) is 0 Å². The third kappa shape index (κ3) is 1.97. The van der Waals surface area contributed by atoms with Gasteiger partial charge in [-0.15, -0.1) is 11.3 Å². The zero-order chi connectivity index (χ0) is 10.8. The molecule has 0 fully saturated rings. The topological polar surface area (TPSA) is 30.0 Å². The largest absolute Gasteiger partial charge is 0.289 e. The Morgan fingerprint density at radius 1 is 1.40 bits per heavy atom. The van der Waals surface area contributed by atoms with E-state index in [-0.39, 0.29) is 5.78 Å². The average Bonchev–Trinajstić information content (AvgIpc) is 2.65. The Bertz CT molecular complexity index is 502. The molecule has 3 heteroatoms. The van der Waals surface area contributed by atoms with Crippen molar-refractivity contribution in [1.29, 1.82) is 0 Å². The van der Waals surface area contributed by atoms with Crippen molar-refractivity contribution >= 4 is 17.1 Å².